The fourth-order valence-corrected chi connectivity index (χ4v) is 2.51. The fourth-order valence-electron chi connectivity index (χ4n) is 2.51. The summed E-state index contributed by atoms with van der Waals surface area (Å²) in [7, 11) is 1.61. The molecule has 0 aliphatic heterocycles. The second-order valence-electron chi connectivity index (χ2n) is 5.82. The first kappa shape index (κ1) is 16.1. The Kier molecular flexibility index (Phi) is 4.79. The van der Waals surface area contributed by atoms with Crippen LogP contribution >= 0.6 is 0 Å². The molecule has 5 nitrogen and oxygen atoms in total. The van der Waals surface area contributed by atoms with Gasteiger partial charge in [0.05, 0.1) is 6.26 Å². The summed E-state index contributed by atoms with van der Waals surface area (Å²) >= 11 is 0. The van der Waals surface area contributed by atoms with Crippen LogP contribution in [-0.4, -0.2) is 29.8 Å². The minimum absolute atomic E-state index is 0.0238. The molecule has 1 saturated carbocycles. The molecule has 3 rings (SSSR count). The maximum Gasteiger partial charge on any atom is 0.251 e. The Labute approximate surface area is 141 Å². The van der Waals surface area contributed by atoms with Gasteiger partial charge in [-0.3, -0.25) is 9.59 Å². The molecule has 1 aliphatic carbocycles. The summed E-state index contributed by atoms with van der Waals surface area (Å²) in [5.74, 6) is 0.524. The summed E-state index contributed by atoms with van der Waals surface area (Å²) in [6.07, 6.45) is 6.90. The number of hydrogen-bond donors (Lipinski definition) is 1. The molecule has 0 spiro atoms. The summed E-state index contributed by atoms with van der Waals surface area (Å²) < 4.78 is 5.21. The lowest BCUT2D eigenvalue weighted by Gasteiger charge is -2.21. The zero-order valence-electron chi connectivity index (χ0n) is 13.6. The molecule has 2 amide bonds. The first-order valence-corrected chi connectivity index (χ1v) is 8.00. The molecule has 0 bridgehead atoms. The van der Waals surface area contributed by atoms with Gasteiger partial charge in [-0.1, -0.05) is 12.1 Å². The Morgan fingerprint density at radius 3 is 2.58 bits per heavy atom. The molecule has 1 N–H and O–H groups in total. The standard InChI is InChI=1S/C19H20N2O3/c1-20-19(23)15-6-4-14(5-7-15)13-21(16-8-9-16)18(22)11-10-17-3-2-12-24-17/h2-7,10-12,16H,8-9,13H2,1H3,(H,20,23)/b11-10+. The van der Waals surface area contributed by atoms with Gasteiger partial charge in [-0.25, -0.2) is 0 Å². The molecule has 5 heteroatoms. The van der Waals surface area contributed by atoms with E-state index in [9.17, 15) is 9.59 Å². The van der Waals surface area contributed by atoms with Gasteiger partial charge in [0.25, 0.3) is 5.91 Å². The van der Waals surface area contributed by atoms with Crippen molar-refractivity contribution in [1.29, 1.82) is 0 Å². The van der Waals surface area contributed by atoms with Crippen LogP contribution in [0.25, 0.3) is 6.08 Å². The SMILES string of the molecule is CNC(=O)c1ccc(CN(C(=O)/C=C/c2ccco2)C2CC2)cc1. The van der Waals surface area contributed by atoms with Gasteiger partial charge in [-0.2, -0.15) is 0 Å². The van der Waals surface area contributed by atoms with Gasteiger partial charge in [-0.05, 0) is 48.7 Å². The van der Waals surface area contributed by atoms with Crippen molar-refractivity contribution in [2.75, 3.05) is 7.05 Å². The van der Waals surface area contributed by atoms with Crippen molar-refractivity contribution in [3.8, 4) is 0 Å². The normalized spacial score (nSPS) is 13.9. The third kappa shape index (κ3) is 3.93. The van der Waals surface area contributed by atoms with Crippen molar-refractivity contribution < 1.29 is 14.0 Å². The molecule has 2 aromatic rings. The Hall–Kier alpha value is -2.82. The molecule has 1 aromatic heterocycles. The molecule has 0 unspecified atom stereocenters. The first-order chi connectivity index (χ1) is 11.7. The average molecular weight is 324 g/mol. The smallest absolute Gasteiger partial charge is 0.251 e. The quantitative estimate of drug-likeness (QED) is 0.831. The van der Waals surface area contributed by atoms with E-state index in [4.69, 9.17) is 4.42 Å². The Bertz CT molecular complexity index is 728. The number of nitrogens with one attached hydrogen (secondary N) is 1. The maximum atomic E-state index is 12.5. The van der Waals surface area contributed by atoms with Gasteiger partial charge in [0.2, 0.25) is 5.91 Å². The van der Waals surface area contributed by atoms with Crippen LogP contribution in [-0.2, 0) is 11.3 Å². The molecule has 1 heterocycles. The lowest BCUT2D eigenvalue weighted by atomic mass is 10.1. The van der Waals surface area contributed by atoms with Crippen LogP contribution in [0.5, 0.6) is 0 Å². The minimum atomic E-state index is -0.113. The number of carbonyl (C=O) groups is 2. The van der Waals surface area contributed by atoms with Gasteiger partial charge < -0.3 is 14.6 Å². The second kappa shape index (κ2) is 7.17. The average Bonchev–Trinajstić information content (AvgIpc) is 3.32. The Morgan fingerprint density at radius 1 is 1.25 bits per heavy atom. The highest BCUT2D eigenvalue weighted by Gasteiger charge is 2.31. The monoisotopic (exact) mass is 324 g/mol. The van der Waals surface area contributed by atoms with Crippen LogP contribution in [0.2, 0.25) is 0 Å². The highest BCUT2D eigenvalue weighted by molar-refractivity contribution is 5.94. The first-order valence-electron chi connectivity index (χ1n) is 8.00. The molecule has 0 atom stereocenters. The predicted octanol–water partition coefficient (Wildman–Crippen LogP) is 2.84. The molecular weight excluding hydrogens is 304 g/mol. The molecule has 0 radical (unpaired) electrons. The Morgan fingerprint density at radius 2 is 2.00 bits per heavy atom. The van der Waals surface area contributed by atoms with E-state index in [0.29, 0.717) is 23.9 Å². The van der Waals surface area contributed by atoms with Gasteiger partial charge in [0.1, 0.15) is 5.76 Å². The summed E-state index contributed by atoms with van der Waals surface area (Å²) in [5.41, 5.74) is 1.62. The number of furan rings is 1. The van der Waals surface area contributed by atoms with Gasteiger partial charge in [0.15, 0.2) is 0 Å². The van der Waals surface area contributed by atoms with Gasteiger partial charge >= 0.3 is 0 Å². The third-order valence-electron chi connectivity index (χ3n) is 4.00. The van der Waals surface area contributed by atoms with Crippen molar-refractivity contribution in [3.05, 3.63) is 65.6 Å². The van der Waals surface area contributed by atoms with Gasteiger partial charge in [-0.15, -0.1) is 0 Å². The number of nitrogens with zero attached hydrogens (tertiary/aromatic N) is 1. The minimum Gasteiger partial charge on any atom is -0.465 e. The van der Waals surface area contributed by atoms with E-state index in [1.807, 2.05) is 23.1 Å². The van der Waals surface area contributed by atoms with E-state index in [0.717, 1.165) is 18.4 Å². The van der Waals surface area contributed by atoms with Crippen LogP contribution in [0, 0.1) is 0 Å². The van der Waals surface area contributed by atoms with E-state index < -0.39 is 0 Å². The predicted molar refractivity (Wildman–Crippen MR) is 91.1 cm³/mol. The summed E-state index contributed by atoms with van der Waals surface area (Å²) in [4.78, 5) is 25.9. The van der Waals surface area contributed by atoms with Crippen LogP contribution < -0.4 is 5.32 Å². The topological polar surface area (TPSA) is 62.6 Å². The lowest BCUT2D eigenvalue weighted by molar-refractivity contribution is -0.127. The molecule has 0 saturated heterocycles. The zero-order chi connectivity index (χ0) is 16.9. The van der Waals surface area contributed by atoms with Crippen LogP contribution in [0.15, 0.2) is 53.2 Å². The highest BCUT2D eigenvalue weighted by atomic mass is 16.3. The number of carbonyl (C=O) groups excluding carboxylic acids is 2. The van der Waals surface area contributed by atoms with E-state index in [-0.39, 0.29) is 11.8 Å². The summed E-state index contributed by atoms with van der Waals surface area (Å²) in [5, 5.41) is 2.60. The molecule has 24 heavy (non-hydrogen) atoms. The third-order valence-corrected chi connectivity index (χ3v) is 4.00. The zero-order valence-corrected chi connectivity index (χ0v) is 13.6. The van der Waals surface area contributed by atoms with Crippen LogP contribution in [0.1, 0.15) is 34.5 Å². The van der Waals surface area contributed by atoms with E-state index in [2.05, 4.69) is 5.32 Å². The van der Waals surface area contributed by atoms with Crippen molar-refractivity contribution in [3.63, 3.8) is 0 Å². The molecule has 124 valence electrons. The largest absolute Gasteiger partial charge is 0.465 e. The summed E-state index contributed by atoms with van der Waals surface area (Å²) in [6, 6.07) is 11.2. The molecule has 1 aromatic carbocycles. The number of benzene rings is 1. The highest BCUT2D eigenvalue weighted by Crippen LogP contribution is 2.28. The van der Waals surface area contributed by atoms with Crippen molar-refractivity contribution >= 4 is 17.9 Å². The van der Waals surface area contributed by atoms with E-state index >= 15 is 0 Å². The van der Waals surface area contributed by atoms with Crippen molar-refractivity contribution in [1.82, 2.24) is 10.2 Å². The second-order valence-corrected chi connectivity index (χ2v) is 5.82. The van der Waals surface area contributed by atoms with Crippen LogP contribution in [0.3, 0.4) is 0 Å². The maximum absolute atomic E-state index is 12.5. The number of hydrogen-bond acceptors (Lipinski definition) is 3. The summed E-state index contributed by atoms with van der Waals surface area (Å²) in [6.45, 7) is 0.542. The molecular formula is C19H20N2O3. The van der Waals surface area contributed by atoms with Gasteiger partial charge in [0, 0.05) is 31.3 Å². The van der Waals surface area contributed by atoms with Crippen molar-refractivity contribution in [2.24, 2.45) is 0 Å². The molecule has 1 aliphatic rings. The fraction of sp³-hybridized carbons (Fsp3) is 0.263. The number of amides is 2. The Balaban J connectivity index is 1.68. The van der Waals surface area contributed by atoms with E-state index in [1.165, 1.54) is 0 Å². The molecule has 1 fully saturated rings. The van der Waals surface area contributed by atoms with E-state index in [1.54, 1.807) is 43.7 Å². The number of rotatable bonds is 6. The lowest BCUT2D eigenvalue weighted by Crippen LogP contribution is -2.31. The van der Waals surface area contributed by atoms with Crippen molar-refractivity contribution in [2.45, 2.75) is 25.4 Å². The van der Waals surface area contributed by atoms with Crippen LogP contribution in [0.4, 0.5) is 0 Å².